The molecule has 1 aromatic heterocycles. The van der Waals surface area contributed by atoms with Gasteiger partial charge < -0.3 is 15.5 Å². The van der Waals surface area contributed by atoms with Crippen LogP contribution in [0.1, 0.15) is 35.9 Å². The minimum absolute atomic E-state index is 0.0956. The molecule has 1 fully saturated rings. The molecule has 0 saturated carbocycles. The fourth-order valence-electron chi connectivity index (χ4n) is 2.89. The van der Waals surface area contributed by atoms with E-state index < -0.39 is 0 Å². The molecule has 2 heterocycles. The van der Waals surface area contributed by atoms with Crippen molar-refractivity contribution in [2.45, 2.75) is 19.8 Å². The molecule has 132 valence electrons. The van der Waals surface area contributed by atoms with Gasteiger partial charge in [0, 0.05) is 42.6 Å². The SMILES string of the molecule is CC(C)c1cc(C(=O)N2CCN(c3cccc(Cl)c3)CC2)nc(N)n1. The van der Waals surface area contributed by atoms with Crippen LogP contribution < -0.4 is 10.6 Å². The lowest BCUT2D eigenvalue weighted by Gasteiger charge is -2.36. The van der Waals surface area contributed by atoms with E-state index in [1.807, 2.05) is 43.0 Å². The van der Waals surface area contributed by atoms with E-state index in [2.05, 4.69) is 14.9 Å². The van der Waals surface area contributed by atoms with Crippen molar-refractivity contribution in [2.24, 2.45) is 0 Å². The van der Waals surface area contributed by atoms with Crippen LogP contribution in [0.15, 0.2) is 30.3 Å². The van der Waals surface area contributed by atoms with Crippen molar-refractivity contribution in [1.29, 1.82) is 0 Å². The van der Waals surface area contributed by atoms with Gasteiger partial charge in [-0.2, -0.15) is 0 Å². The molecule has 25 heavy (non-hydrogen) atoms. The van der Waals surface area contributed by atoms with Gasteiger partial charge in [0.1, 0.15) is 5.69 Å². The molecule has 0 unspecified atom stereocenters. The highest BCUT2D eigenvalue weighted by molar-refractivity contribution is 6.30. The molecule has 0 aliphatic carbocycles. The van der Waals surface area contributed by atoms with Crippen molar-refractivity contribution in [2.75, 3.05) is 36.8 Å². The van der Waals surface area contributed by atoms with Crippen LogP contribution in [0.5, 0.6) is 0 Å². The molecule has 3 rings (SSSR count). The van der Waals surface area contributed by atoms with E-state index in [0.717, 1.165) is 24.5 Å². The van der Waals surface area contributed by atoms with Crippen LogP contribution in [0.3, 0.4) is 0 Å². The fourth-order valence-corrected chi connectivity index (χ4v) is 3.08. The number of nitrogens with zero attached hydrogens (tertiary/aromatic N) is 4. The Hall–Kier alpha value is -2.34. The van der Waals surface area contributed by atoms with Crippen LogP contribution in [-0.4, -0.2) is 47.0 Å². The Labute approximate surface area is 152 Å². The number of halogens is 1. The summed E-state index contributed by atoms with van der Waals surface area (Å²) in [6.45, 7) is 6.80. The summed E-state index contributed by atoms with van der Waals surface area (Å²) in [5, 5.41) is 0.716. The van der Waals surface area contributed by atoms with E-state index in [1.165, 1.54) is 0 Å². The third-order valence-corrected chi connectivity index (χ3v) is 4.55. The second-order valence-corrected chi connectivity index (χ2v) is 6.89. The molecule has 2 N–H and O–H groups in total. The van der Waals surface area contributed by atoms with Gasteiger partial charge in [-0.05, 0) is 30.2 Å². The minimum Gasteiger partial charge on any atom is -0.368 e. The monoisotopic (exact) mass is 359 g/mol. The van der Waals surface area contributed by atoms with Gasteiger partial charge in [0.05, 0.1) is 0 Å². The molecule has 1 aliphatic rings. The minimum atomic E-state index is -0.0956. The van der Waals surface area contributed by atoms with E-state index in [0.29, 0.717) is 23.8 Å². The molecule has 0 atom stereocenters. The zero-order valence-electron chi connectivity index (χ0n) is 14.4. The molecular weight excluding hydrogens is 338 g/mol. The second kappa shape index (κ2) is 7.27. The van der Waals surface area contributed by atoms with Crippen LogP contribution in [-0.2, 0) is 0 Å². The van der Waals surface area contributed by atoms with Crippen molar-refractivity contribution in [3.8, 4) is 0 Å². The number of benzene rings is 1. The lowest BCUT2D eigenvalue weighted by atomic mass is 10.1. The van der Waals surface area contributed by atoms with Crippen molar-refractivity contribution in [3.05, 3.63) is 46.7 Å². The van der Waals surface area contributed by atoms with Crippen LogP contribution in [0.2, 0.25) is 5.02 Å². The number of carbonyl (C=O) groups excluding carboxylic acids is 1. The van der Waals surface area contributed by atoms with Gasteiger partial charge >= 0.3 is 0 Å². The van der Waals surface area contributed by atoms with Gasteiger partial charge in [-0.3, -0.25) is 4.79 Å². The molecule has 0 radical (unpaired) electrons. The van der Waals surface area contributed by atoms with Crippen molar-refractivity contribution in [1.82, 2.24) is 14.9 Å². The Morgan fingerprint density at radius 1 is 1.16 bits per heavy atom. The van der Waals surface area contributed by atoms with E-state index in [1.54, 1.807) is 6.07 Å². The van der Waals surface area contributed by atoms with Crippen LogP contribution >= 0.6 is 11.6 Å². The van der Waals surface area contributed by atoms with E-state index in [-0.39, 0.29) is 17.8 Å². The normalized spacial score (nSPS) is 14.9. The molecular formula is C18H22ClN5O. The first-order valence-electron chi connectivity index (χ1n) is 8.38. The zero-order valence-corrected chi connectivity index (χ0v) is 15.2. The number of piperazine rings is 1. The predicted octanol–water partition coefficient (Wildman–Crippen LogP) is 2.80. The maximum absolute atomic E-state index is 12.8. The largest absolute Gasteiger partial charge is 0.368 e. The number of nitrogens with two attached hydrogens (primary N) is 1. The molecule has 0 spiro atoms. The van der Waals surface area contributed by atoms with Crippen molar-refractivity contribution >= 4 is 29.1 Å². The Kier molecular flexibility index (Phi) is 5.08. The van der Waals surface area contributed by atoms with Gasteiger partial charge in [0.2, 0.25) is 5.95 Å². The smallest absolute Gasteiger partial charge is 0.272 e. The maximum Gasteiger partial charge on any atom is 0.272 e. The molecule has 2 aromatic rings. The van der Waals surface area contributed by atoms with Gasteiger partial charge in [-0.15, -0.1) is 0 Å². The number of anilines is 2. The standard InChI is InChI=1S/C18H22ClN5O/c1-12(2)15-11-16(22-18(20)21-15)17(25)24-8-6-23(7-9-24)14-5-3-4-13(19)10-14/h3-5,10-12H,6-9H2,1-2H3,(H2,20,21,22). The van der Waals surface area contributed by atoms with Gasteiger partial charge in [-0.25, -0.2) is 9.97 Å². The first-order chi connectivity index (χ1) is 11.9. The molecule has 1 aliphatic heterocycles. The lowest BCUT2D eigenvalue weighted by Crippen LogP contribution is -2.49. The van der Waals surface area contributed by atoms with E-state index in [4.69, 9.17) is 17.3 Å². The summed E-state index contributed by atoms with van der Waals surface area (Å²) in [7, 11) is 0. The number of hydrogen-bond acceptors (Lipinski definition) is 5. The summed E-state index contributed by atoms with van der Waals surface area (Å²) in [5.41, 5.74) is 7.99. The molecule has 7 heteroatoms. The predicted molar refractivity (Wildman–Crippen MR) is 100 cm³/mol. The topological polar surface area (TPSA) is 75.4 Å². The summed E-state index contributed by atoms with van der Waals surface area (Å²) < 4.78 is 0. The summed E-state index contributed by atoms with van der Waals surface area (Å²) in [6, 6.07) is 9.51. The molecule has 1 saturated heterocycles. The summed E-state index contributed by atoms with van der Waals surface area (Å²) in [6.07, 6.45) is 0. The Bertz CT molecular complexity index is 772. The fraction of sp³-hybridized carbons (Fsp3) is 0.389. The number of amides is 1. The van der Waals surface area contributed by atoms with Crippen LogP contribution in [0, 0.1) is 0 Å². The highest BCUT2D eigenvalue weighted by Gasteiger charge is 2.24. The Morgan fingerprint density at radius 3 is 2.52 bits per heavy atom. The lowest BCUT2D eigenvalue weighted by molar-refractivity contribution is 0.0740. The maximum atomic E-state index is 12.8. The first-order valence-corrected chi connectivity index (χ1v) is 8.76. The second-order valence-electron chi connectivity index (χ2n) is 6.45. The average Bonchev–Trinajstić information content (AvgIpc) is 2.60. The summed E-state index contributed by atoms with van der Waals surface area (Å²) >= 11 is 6.06. The third kappa shape index (κ3) is 4.02. The first kappa shape index (κ1) is 17.5. The number of rotatable bonds is 3. The number of carbonyl (C=O) groups is 1. The Morgan fingerprint density at radius 2 is 1.88 bits per heavy atom. The number of aromatic nitrogens is 2. The van der Waals surface area contributed by atoms with E-state index >= 15 is 0 Å². The molecule has 0 bridgehead atoms. The Balaban J connectivity index is 1.69. The van der Waals surface area contributed by atoms with Crippen molar-refractivity contribution < 1.29 is 4.79 Å². The average molecular weight is 360 g/mol. The van der Waals surface area contributed by atoms with Gasteiger partial charge in [0.15, 0.2) is 0 Å². The number of hydrogen-bond donors (Lipinski definition) is 1. The molecule has 1 amide bonds. The summed E-state index contributed by atoms with van der Waals surface area (Å²) in [5.74, 6) is 0.241. The third-order valence-electron chi connectivity index (χ3n) is 4.31. The zero-order chi connectivity index (χ0) is 18.0. The quantitative estimate of drug-likeness (QED) is 0.912. The van der Waals surface area contributed by atoms with Crippen LogP contribution in [0.25, 0.3) is 0 Å². The van der Waals surface area contributed by atoms with Gasteiger partial charge in [0.25, 0.3) is 5.91 Å². The molecule has 1 aromatic carbocycles. The van der Waals surface area contributed by atoms with Crippen LogP contribution in [0.4, 0.5) is 11.6 Å². The van der Waals surface area contributed by atoms with E-state index in [9.17, 15) is 4.79 Å². The van der Waals surface area contributed by atoms with Crippen molar-refractivity contribution in [3.63, 3.8) is 0 Å². The highest BCUT2D eigenvalue weighted by atomic mass is 35.5. The van der Waals surface area contributed by atoms with Gasteiger partial charge in [-0.1, -0.05) is 31.5 Å². The number of nitrogen functional groups attached to an aromatic ring is 1. The molecule has 6 nitrogen and oxygen atoms in total. The highest BCUT2D eigenvalue weighted by Crippen LogP contribution is 2.21. The summed E-state index contributed by atoms with van der Waals surface area (Å²) in [4.78, 5) is 25.1.